The molecule has 2 aromatic carbocycles. The Morgan fingerprint density at radius 1 is 1.00 bits per heavy atom. The number of carbonyl (C=O) groups excluding carboxylic acids is 3. The van der Waals surface area contributed by atoms with Gasteiger partial charge < -0.3 is 4.74 Å². The van der Waals surface area contributed by atoms with E-state index in [0.29, 0.717) is 29.0 Å². The molecule has 0 saturated heterocycles. The van der Waals surface area contributed by atoms with Crippen LogP contribution in [0.5, 0.6) is 5.75 Å². The second-order valence-electron chi connectivity index (χ2n) is 6.26. The number of rotatable bonds is 7. The summed E-state index contributed by atoms with van der Waals surface area (Å²) in [6.45, 7) is 4.15. The molecule has 0 N–H and O–H groups in total. The van der Waals surface area contributed by atoms with Gasteiger partial charge in [0.2, 0.25) is 0 Å². The van der Waals surface area contributed by atoms with Gasteiger partial charge in [-0.2, -0.15) is 0 Å². The zero-order valence-electron chi connectivity index (χ0n) is 14.9. The van der Waals surface area contributed by atoms with Crippen LogP contribution in [0.1, 0.15) is 57.8 Å². The number of hydrogen-bond acceptors (Lipinski definition) is 4. The molecule has 1 aliphatic heterocycles. The Hall–Kier alpha value is -2.95. The quantitative estimate of drug-likeness (QED) is 0.433. The van der Waals surface area contributed by atoms with Gasteiger partial charge >= 0.3 is 0 Å². The molecule has 0 spiro atoms. The van der Waals surface area contributed by atoms with Crippen molar-refractivity contribution >= 4 is 17.6 Å². The molecule has 0 radical (unpaired) electrons. The number of carbonyl (C=O) groups is 3. The molecule has 1 atom stereocenters. The fraction of sp³-hybridized carbons (Fsp3) is 0.286. The minimum atomic E-state index is -0.904. The van der Waals surface area contributed by atoms with Gasteiger partial charge in [0.25, 0.3) is 11.8 Å². The maximum atomic E-state index is 13.0. The van der Waals surface area contributed by atoms with Gasteiger partial charge in [0.15, 0.2) is 5.78 Å². The predicted molar refractivity (Wildman–Crippen MR) is 97.6 cm³/mol. The first-order valence-corrected chi connectivity index (χ1v) is 8.79. The molecule has 0 aliphatic carbocycles. The summed E-state index contributed by atoms with van der Waals surface area (Å²) in [6.07, 6.45) is 1.87. The first kappa shape index (κ1) is 17.9. The fourth-order valence-electron chi connectivity index (χ4n) is 3.02. The highest BCUT2D eigenvalue weighted by molar-refractivity contribution is 6.23. The lowest BCUT2D eigenvalue weighted by Crippen LogP contribution is -2.43. The van der Waals surface area contributed by atoms with Crippen LogP contribution < -0.4 is 4.74 Å². The average Bonchev–Trinajstić information content (AvgIpc) is 2.92. The molecule has 1 aliphatic rings. The summed E-state index contributed by atoms with van der Waals surface area (Å²) in [5, 5.41) is 0. The van der Waals surface area contributed by atoms with Crippen molar-refractivity contribution in [2.75, 3.05) is 6.61 Å². The van der Waals surface area contributed by atoms with E-state index in [4.69, 9.17) is 4.74 Å². The Morgan fingerprint density at radius 3 is 2.19 bits per heavy atom. The fourth-order valence-corrected chi connectivity index (χ4v) is 3.02. The summed E-state index contributed by atoms with van der Waals surface area (Å²) in [7, 11) is 0. The van der Waals surface area contributed by atoms with Crippen molar-refractivity contribution in [1.82, 2.24) is 4.90 Å². The molecule has 26 heavy (non-hydrogen) atoms. The van der Waals surface area contributed by atoms with E-state index in [9.17, 15) is 14.4 Å². The van der Waals surface area contributed by atoms with Crippen LogP contribution in [0.3, 0.4) is 0 Å². The molecule has 3 rings (SSSR count). The first-order chi connectivity index (χ1) is 12.6. The number of hydrogen-bond donors (Lipinski definition) is 0. The minimum absolute atomic E-state index is 0.313. The number of ketones is 1. The van der Waals surface area contributed by atoms with Crippen molar-refractivity contribution in [3.63, 3.8) is 0 Å². The Kier molecular flexibility index (Phi) is 5.16. The maximum Gasteiger partial charge on any atom is 0.262 e. The van der Waals surface area contributed by atoms with Crippen LogP contribution in [0.25, 0.3) is 0 Å². The number of fused-ring (bicyclic) bond motifs is 1. The first-order valence-electron chi connectivity index (χ1n) is 8.79. The highest BCUT2D eigenvalue weighted by Crippen LogP contribution is 2.27. The van der Waals surface area contributed by atoms with Crippen molar-refractivity contribution in [1.29, 1.82) is 0 Å². The highest BCUT2D eigenvalue weighted by atomic mass is 16.5. The third-order valence-electron chi connectivity index (χ3n) is 4.50. The van der Waals surface area contributed by atoms with E-state index >= 15 is 0 Å². The lowest BCUT2D eigenvalue weighted by molar-refractivity contribution is 0.0554. The van der Waals surface area contributed by atoms with E-state index in [2.05, 4.69) is 6.92 Å². The number of para-hydroxylation sites is 1. The molecular weight excluding hydrogens is 330 g/mol. The molecule has 5 heteroatoms. The smallest absolute Gasteiger partial charge is 0.262 e. The molecule has 0 fully saturated rings. The lowest BCUT2D eigenvalue weighted by Gasteiger charge is -2.22. The highest BCUT2D eigenvalue weighted by Gasteiger charge is 2.41. The van der Waals surface area contributed by atoms with Gasteiger partial charge in [-0.3, -0.25) is 19.3 Å². The molecule has 2 aromatic rings. The number of ether oxygens (including phenoxy) is 1. The molecule has 0 bridgehead atoms. The monoisotopic (exact) mass is 351 g/mol. The summed E-state index contributed by atoms with van der Waals surface area (Å²) in [5.41, 5.74) is 1.06. The normalized spacial score (nSPS) is 14.3. The van der Waals surface area contributed by atoms with E-state index in [-0.39, 0.29) is 5.78 Å². The summed E-state index contributed by atoms with van der Waals surface area (Å²) in [4.78, 5) is 39.2. The zero-order valence-corrected chi connectivity index (χ0v) is 14.9. The van der Waals surface area contributed by atoms with Crippen molar-refractivity contribution < 1.29 is 19.1 Å². The molecule has 2 amide bonds. The van der Waals surface area contributed by atoms with Crippen LogP contribution in [0.2, 0.25) is 0 Å². The molecule has 0 aromatic heterocycles. The van der Waals surface area contributed by atoms with Gasteiger partial charge in [0.1, 0.15) is 11.8 Å². The SMILES string of the molecule is CCCCOc1ccccc1C(=O)C(C)N1C(=O)c2ccccc2C1=O. The van der Waals surface area contributed by atoms with Crippen LogP contribution in [-0.4, -0.2) is 35.1 Å². The van der Waals surface area contributed by atoms with E-state index in [1.165, 1.54) is 0 Å². The summed E-state index contributed by atoms with van der Waals surface area (Å²) >= 11 is 0. The molecule has 1 heterocycles. The topological polar surface area (TPSA) is 63.7 Å². The van der Waals surface area contributed by atoms with Gasteiger partial charge in [-0.05, 0) is 37.6 Å². The second-order valence-corrected chi connectivity index (χ2v) is 6.26. The number of amides is 2. The van der Waals surface area contributed by atoms with E-state index < -0.39 is 17.9 Å². The largest absolute Gasteiger partial charge is 0.493 e. The Balaban J connectivity index is 1.85. The Labute approximate surface area is 152 Å². The van der Waals surface area contributed by atoms with Crippen molar-refractivity contribution in [2.45, 2.75) is 32.7 Å². The zero-order chi connectivity index (χ0) is 18.7. The van der Waals surface area contributed by atoms with E-state index in [1.54, 1.807) is 55.5 Å². The number of imide groups is 1. The van der Waals surface area contributed by atoms with Crippen molar-refractivity contribution in [3.8, 4) is 5.75 Å². The minimum Gasteiger partial charge on any atom is -0.493 e. The Morgan fingerprint density at radius 2 is 1.58 bits per heavy atom. The van der Waals surface area contributed by atoms with Crippen LogP contribution >= 0.6 is 0 Å². The summed E-state index contributed by atoms with van der Waals surface area (Å²) < 4.78 is 5.72. The van der Waals surface area contributed by atoms with Crippen LogP contribution in [0.4, 0.5) is 0 Å². The van der Waals surface area contributed by atoms with Crippen LogP contribution in [0.15, 0.2) is 48.5 Å². The predicted octanol–water partition coefficient (Wildman–Crippen LogP) is 3.73. The second kappa shape index (κ2) is 7.52. The molecule has 134 valence electrons. The number of unbranched alkanes of at least 4 members (excludes halogenated alkanes) is 1. The van der Waals surface area contributed by atoms with Crippen molar-refractivity contribution in [3.05, 3.63) is 65.2 Å². The Bertz CT molecular complexity index is 824. The summed E-state index contributed by atoms with van der Waals surface area (Å²) in [6, 6.07) is 12.7. The van der Waals surface area contributed by atoms with Gasteiger partial charge in [0.05, 0.1) is 23.3 Å². The number of benzene rings is 2. The third kappa shape index (κ3) is 3.12. The standard InChI is InChI=1S/C21H21NO4/c1-3-4-13-26-18-12-8-7-11-17(18)19(23)14(2)22-20(24)15-9-5-6-10-16(15)21(22)25/h5-12,14H,3-4,13H2,1-2H3. The molecule has 0 saturated carbocycles. The van der Waals surface area contributed by atoms with Gasteiger partial charge in [-0.1, -0.05) is 37.6 Å². The average molecular weight is 351 g/mol. The van der Waals surface area contributed by atoms with Gasteiger partial charge in [-0.15, -0.1) is 0 Å². The molecule has 1 unspecified atom stereocenters. The number of Topliss-reactive ketones (excluding diaryl/α,β-unsaturated/α-hetero) is 1. The number of nitrogens with zero attached hydrogens (tertiary/aromatic N) is 1. The third-order valence-corrected chi connectivity index (χ3v) is 4.50. The van der Waals surface area contributed by atoms with E-state index in [1.807, 2.05) is 0 Å². The van der Waals surface area contributed by atoms with Crippen molar-refractivity contribution in [2.24, 2.45) is 0 Å². The molecule has 5 nitrogen and oxygen atoms in total. The van der Waals surface area contributed by atoms with Crippen LogP contribution in [0, 0.1) is 0 Å². The molecular formula is C21H21NO4. The van der Waals surface area contributed by atoms with Gasteiger partial charge in [0, 0.05) is 0 Å². The lowest BCUT2D eigenvalue weighted by atomic mass is 10.0. The van der Waals surface area contributed by atoms with Crippen LogP contribution in [-0.2, 0) is 0 Å². The summed E-state index contributed by atoms with van der Waals surface area (Å²) in [5.74, 6) is -0.701. The van der Waals surface area contributed by atoms with Gasteiger partial charge in [-0.25, -0.2) is 0 Å². The maximum absolute atomic E-state index is 13.0. The van der Waals surface area contributed by atoms with E-state index in [0.717, 1.165) is 17.7 Å².